The summed E-state index contributed by atoms with van der Waals surface area (Å²) in [6, 6.07) is 3.52. The van der Waals surface area contributed by atoms with Crippen molar-refractivity contribution in [1.29, 1.82) is 0 Å². The van der Waals surface area contributed by atoms with Crippen LogP contribution < -0.4 is 15.4 Å². The van der Waals surface area contributed by atoms with Gasteiger partial charge in [-0.2, -0.15) is 13.2 Å². The summed E-state index contributed by atoms with van der Waals surface area (Å²) in [6.07, 6.45) is -4.62. The van der Waals surface area contributed by atoms with Crippen molar-refractivity contribution in [3.63, 3.8) is 0 Å². The number of ether oxygens (including phenoxy) is 2. The van der Waals surface area contributed by atoms with Crippen LogP contribution in [0.25, 0.3) is 11.0 Å². The molecule has 0 fully saturated rings. The summed E-state index contributed by atoms with van der Waals surface area (Å²) < 4.78 is 51.1. The lowest BCUT2D eigenvalue weighted by Crippen LogP contribution is -2.44. The van der Waals surface area contributed by atoms with Gasteiger partial charge in [0.05, 0.1) is 7.11 Å². The molecule has 0 aliphatic rings. The summed E-state index contributed by atoms with van der Waals surface area (Å²) in [5, 5.41) is 3.65. The maximum atomic E-state index is 12.1. The van der Waals surface area contributed by atoms with E-state index < -0.39 is 37.2 Å². The molecule has 11 heteroatoms. The fourth-order valence-corrected chi connectivity index (χ4v) is 2.11. The fraction of sp³-hybridized carbons (Fsp3) is 0.312. The molecule has 0 saturated heterocycles. The number of esters is 1. The maximum absolute atomic E-state index is 12.1. The minimum Gasteiger partial charge on any atom is -0.497 e. The number of alkyl halides is 3. The van der Waals surface area contributed by atoms with E-state index in [-0.39, 0.29) is 5.76 Å². The second-order valence-electron chi connectivity index (χ2n) is 5.34. The second kappa shape index (κ2) is 7.98. The second-order valence-corrected chi connectivity index (χ2v) is 5.34. The number of halogens is 3. The van der Waals surface area contributed by atoms with Crippen LogP contribution >= 0.6 is 0 Å². The number of carbonyl (C=O) groups excluding carboxylic acids is 3. The van der Waals surface area contributed by atoms with Crippen LogP contribution in [-0.4, -0.2) is 44.3 Å². The Bertz CT molecular complexity index is 875. The van der Waals surface area contributed by atoms with Crippen molar-refractivity contribution in [2.45, 2.75) is 13.1 Å². The largest absolute Gasteiger partial charge is 0.497 e. The highest BCUT2D eigenvalue weighted by molar-refractivity contribution is 5.99. The summed E-state index contributed by atoms with van der Waals surface area (Å²) in [7, 11) is 1.48. The highest BCUT2D eigenvalue weighted by Crippen LogP contribution is 2.29. The third-order valence-electron chi connectivity index (χ3n) is 3.37. The van der Waals surface area contributed by atoms with Crippen LogP contribution in [0.2, 0.25) is 0 Å². The number of rotatable bonds is 5. The lowest BCUT2D eigenvalue weighted by atomic mass is 10.1. The summed E-state index contributed by atoms with van der Waals surface area (Å²) in [5.41, 5.74) is 0.855. The summed E-state index contributed by atoms with van der Waals surface area (Å²) >= 11 is 0. The number of hydrogen-bond acceptors (Lipinski definition) is 6. The molecular formula is C16H15F3N2O6. The number of benzene rings is 1. The molecule has 27 heavy (non-hydrogen) atoms. The molecule has 1 aromatic carbocycles. The van der Waals surface area contributed by atoms with Crippen LogP contribution in [0.15, 0.2) is 22.6 Å². The van der Waals surface area contributed by atoms with Gasteiger partial charge in [-0.25, -0.2) is 9.59 Å². The highest BCUT2D eigenvalue weighted by atomic mass is 19.4. The van der Waals surface area contributed by atoms with Crippen molar-refractivity contribution >= 4 is 28.9 Å². The van der Waals surface area contributed by atoms with Crippen molar-refractivity contribution < 1.29 is 41.4 Å². The Labute approximate surface area is 150 Å². The van der Waals surface area contributed by atoms with Gasteiger partial charge in [0, 0.05) is 10.9 Å². The van der Waals surface area contributed by atoms with Gasteiger partial charge in [-0.3, -0.25) is 10.1 Å². The van der Waals surface area contributed by atoms with E-state index in [2.05, 4.69) is 0 Å². The third kappa shape index (κ3) is 5.36. The third-order valence-corrected chi connectivity index (χ3v) is 3.37. The SMILES string of the molecule is COc1ccc2oc(C(=O)OCC(=O)NC(=O)NCC(F)(F)F)c(C)c2c1. The lowest BCUT2D eigenvalue weighted by molar-refractivity contribution is -0.125. The van der Waals surface area contributed by atoms with E-state index in [0.717, 1.165) is 0 Å². The van der Waals surface area contributed by atoms with E-state index in [1.165, 1.54) is 12.4 Å². The van der Waals surface area contributed by atoms with Crippen LogP contribution in [0.1, 0.15) is 16.1 Å². The predicted molar refractivity (Wildman–Crippen MR) is 85.4 cm³/mol. The predicted octanol–water partition coefficient (Wildman–Crippen LogP) is 2.29. The van der Waals surface area contributed by atoms with Crippen LogP contribution in [0.4, 0.5) is 18.0 Å². The van der Waals surface area contributed by atoms with Crippen molar-refractivity contribution in [1.82, 2.24) is 10.6 Å². The van der Waals surface area contributed by atoms with Crippen LogP contribution in [0.3, 0.4) is 0 Å². The van der Waals surface area contributed by atoms with E-state index in [9.17, 15) is 27.6 Å². The Morgan fingerprint density at radius 3 is 2.56 bits per heavy atom. The molecule has 1 aromatic heterocycles. The van der Waals surface area contributed by atoms with Crippen LogP contribution in [0.5, 0.6) is 5.75 Å². The van der Waals surface area contributed by atoms with Gasteiger partial charge in [0.2, 0.25) is 5.76 Å². The molecule has 0 bridgehead atoms. The Balaban J connectivity index is 1.93. The molecule has 0 aliphatic carbocycles. The summed E-state index contributed by atoms with van der Waals surface area (Å²) in [5.74, 6) is -1.66. The van der Waals surface area contributed by atoms with Gasteiger partial charge in [-0.1, -0.05) is 0 Å². The molecule has 0 aliphatic heterocycles. The van der Waals surface area contributed by atoms with Crippen molar-refractivity contribution in [2.75, 3.05) is 20.3 Å². The number of furan rings is 1. The van der Waals surface area contributed by atoms with Crippen LogP contribution in [0, 0.1) is 6.92 Å². The van der Waals surface area contributed by atoms with Crippen molar-refractivity contribution in [2.24, 2.45) is 0 Å². The summed E-state index contributed by atoms with van der Waals surface area (Å²) in [6.45, 7) is -0.877. The molecule has 0 spiro atoms. The molecule has 2 rings (SSSR count). The van der Waals surface area contributed by atoms with E-state index in [0.29, 0.717) is 22.3 Å². The zero-order chi connectivity index (χ0) is 20.2. The molecule has 0 atom stereocenters. The Hall–Kier alpha value is -3.24. The van der Waals surface area contributed by atoms with Crippen molar-refractivity contribution in [3.05, 3.63) is 29.5 Å². The van der Waals surface area contributed by atoms with E-state index >= 15 is 0 Å². The fourth-order valence-electron chi connectivity index (χ4n) is 2.11. The molecule has 146 valence electrons. The molecule has 8 nitrogen and oxygen atoms in total. The average Bonchev–Trinajstić information content (AvgIpc) is 2.93. The van der Waals surface area contributed by atoms with Gasteiger partial charge in [-0.15, -0.1) is 0 Å². The number of urea groups is 1. The number of methoxy groups -OCH3 is 1. The van der Waals surface area contributed by atoms with Gasteiger partial charge >= 0.3 is 18.2 Å². The molecule has 0 saturated carbocycles. The number of fused-ring (bicyclic) bond motifs is 1. The van der Waals surface area contributed by atoms with Crippen molar-refractivity contribution in [3.8, 4) is 5.75 Å². The lowest BCUT2D eigenvalue weighted by Gasteiger charge is -2.09. The number of amides is 3. The standard InChI is InChI=1S/C16H15F3N2O6/c1-8-10-5-9(25-2)3-4-11(10)27-13(8)14(23)26-6-12(22)21-15(24)20-7-16(17,18)19/h3-5H,6-7H2,1-2H3,(H2,20,21,22,24). The van der Waals surface area contributed by atoms with Crippen LogP contribution in [-0.2, 0) is 9.53 Å². The number of imide groups is 1. The number of aryl methyl sites for hydroxylation is 1. The first-order valence-electron chi connectivity index (χ1n) is 7.49. The van der Waals surface area contributed by atoms with E-state index in [4.69, 9.17) is 13.9 Å². The molecule has 0 unspecified atom stereocenters. The quantitative estimate of drug-likeness (QED) is 0.762. The van der Waals surface area contributed by atoms with Gasteiger partial charge < -0.3 is 19.2 Å². The molecule has 1 heterocycles. The molecule has 2 N–H and O–H groups in total. The average molecular weight is 388 g/mol. The Morgan fingerprint density at radius 2 is 1.93 bits per heavy atom. The van der Waals surface area contributed by atoms with Gasteiger partial charge in [0.25, 0.3) is 5.91 Å². The highest BCUT2D eigenvalue weighted by Gasteiger charge is 2.28. The first kappa shape index (κ1) is 20.1. The molecule has 3 amide bonds. The zero-order valence-corrected chi connectivity index (χ0v) is 14.2. The minimum atomic E-state index is -4.62. The first-order chi connectivity index (χ1) is 12.6. The number of hydrogen-bond donors (Lipinski definition) is 2. The monoisotopic (exact) mass is 388 g/mol. The van der Waals surface area contributed by atoms with Gasteiger partial charge in [0.1, 0.15) is 17.9 Å². The number of carbonyl (C=O) groups is 3. The molecular weight excluding hydrogens is 373 g/mol. The van der Waals surface area contributed by atoms with E-state index in [1.54, 1.807) is 30.4 Å². The smallest absolute Gasteiger partial charge is 0.405 e. The molecule has 2 aromatic rings. The summed E-state index contributed by atoms with van der Waals surface area (Å²) in [4.78, 5) is 34.7. The Morgan fingerprint density at radius 1 is 1.22 bits per heavy atom. The van der Waals surface area contributed by atoms with E-state index in [1.807, 2.05) is 0 Å². The number of nitrogens with one attached hydrogen (secondary N) is 2. The van der Waals surface area contributed by atoms with Gasteiger partial charge in [0.15, 0.2) is 6.61 Å². The first-order valence-corrected chi connectivity index (χ1v) is 7.49. The topological polar surface area (TPSA) is 107 Å². The zero-order valence-electron chi connectivity index (χ0n) is 14.2. The minimum absolute atomic E-state index is 0.146. The molecule has 0 radical (unpaired) electrons. The Kier molecular flexibility index (Phi) is 5.93. The van der Waals surface area contributed by atoms with Gasteiger partial charge in [-0.05, 0) is 25.1 Å². The maximum Gasteiger partial charge on any atom is 0.405 e. The normalized spacial score (nSPS) is 11.1.